The minimum Gasteiger partial charge on any atom is -0.397 e. The maximum atomic E-state index is 5.40. The van der Waals surface area contributed by atoms with Crippen LogP contribution in [0.15, 0.2) is 18.3 Å². The third-order valence-corrected chi connectivity index (χ3v) is 1.56. The second-order valence-electron chi connectivity index (χ2n) is 1.72. The Hall–Kier alpha value is -0.570. The van der Waals surface area contributed by atoms with Crippen LogP contribution in [0.4, 0.5) is 5.69 Å². The SMILES string of the molecule is Nc1ccc(CBr)nc1. The predicted molar refractivity (Wildman–Crippen MR) is 41.3 cm³/mol. The number of alkyl halides is 1. The fourth-order valence-corrected chi connectivity index (χ4v) is 0.847. The van der Waals surface area contributed by atoms with Crippen LogP contribution < -0.4 is 5.73 Å². The highest BCUT2D eigenvalue weighted by atomic mass is 79.9. The van der Waals surface area contributed by atoms with Crippen LogP contribution in [0.5, 0.6) is 0 Å². The molecule has 2 N–H and O–H groups in total. The first-order chi connectivity index (χ1) is 4.33. The number of hydrogen-bond donors (Lipinski definition) is 1. The molecule has 1 rings (SSSR count). The van der Waals surface area contributed by atoms with Crippen molar-refractivity contribution in [3.8, 4) is 0 Å². The fourth-order valence-electron chi connectivity index (χ4n) is 0.515. The summed E-state index contributed by atoms with van der Waals surface area (Å²) in [6.45, 7) is 0. The van der Waals surface area contributed by atoms with Crippen molar-refractivity contribution < 1.29 is 0 Å². The molecule has 0 aliphatic heterocycles. The molecule has 0 radical (unpaired) electrons. The lowest BCUT2D eigenvalue weighted by Crippen LogP contribution is -1.88. The van der Waals surface area contributed by atoms with Gasteiger partial charge < -0.3 is 5.73 Å². The van der Waals surface area contributed by atoms with Crippen LogP contribution in [-0.4, -0.2) is 4.98 Å². The molecule has 0 atom stereocenters. The Morgan fingerprint density at radius 1 is 1.56 bits per heavy atom. The molecular weight excluding hydrogens is 180 g/mol. The van der Waals surface area contributed by atoms with Crippen LogP contribution >= 0.6 is 15.9 Å². The maximum absolute atomic E-state index is 5.40. The maximum Gasteiger partial charge on any atom is 0.0510 e. The van der Waals surface area contributed by atoms with Crippen LogP contribution in [0, 0.1) is 0 Å². The number of nitrogens with two attached hydrogens (primary N) is 1. The Balaban J connectivity index is 2.88. The molecule has 0 unspecified atom stereocenters. The third-order valence-electron chi connectivity index (χ3n) is 0.985. The van der Waals surface area contributed by atoms with Crippen molar-refractivity contribution >= 4 is 21.6 Å². The molecule has 0 amide bonds. The summed E-state index contributed by atoms with van der Waals surface area (Å²) in [5, 5.41) is 0.785. The van der Waals surface area contributed by atoms with Gasteiger partial charge in [0.15, 0.2) is 0 Å². The van der Waals surface area contributed by atoms with Gasteiger partial charge in [-0.25, -0.2) is 0 Å². The Morgan fingerprint density at radius 3 is 2.78 bits per heavy atom. The fraction of sp³-hybridized carbons (Fsp3) is 0.167. The quantitative estimate of drug-likeness (QED) is 0.677. The van der Waals surface area contributed by atoms with Crippen molar-refractivity contribution in [2.75, 3.05) is 5.73 Å². The van der Waals surface area contributed by atoms with Gasteiger partial charge in [0.1, 0.15) is 0 Å². The summed E-state index contributed by atoms with van der Waals surface area (Å²) in [7, 11) is 0. The van der Waals surface area contributed by atoms with Gasteiger partial charge in [-0.15, -0.1) is 0 Å². The number of nitrogen functional groups attached to an aromatic ring is 1. The Morgan fingerprint density at radius 2 is 2.33 bits per heavy atom. The summed E-state index contributed by atoms with van der Waals surface area (Å²) in [6, 6.07) is 3.73. The van der Waals surface area contributed by atoms with Crippen LogP contribution in [0.3, 0.4) is 0 Å². The molecule has 0 aliphatic rings. The van der Waals surface area contributed by atoms with Crippen LogP contribution in [0.2, 0.25) is 0 Å². The zero-order valence-corrected chi connectivity index (χ0v) is 6.43. The zero-order valence-electron chi connectivity index (χ0n) is 4.84. The van der Waals surface area contributed by atoms with Crippen molar-refractivity contribution in [2.24, 2.45) is 0 Å². The summed E-state index contributed by atoms with van der Waals surface area (Å²) in [5.41, 5.74) is 7.12. The smallest absolute Gasteiger partial charge is 0.0510 e. The number of rotatable bonds is 1. The van der Waals surface area contributed by atoms with E-state index in [1.807, 2.05) is 12.1 Å². The topological polar surface area (TPSA) is 38.9 Å². The Kier molecular flexibility index (Phi) is 2.05. The molecule has 48 valence electrons. The normalized spacial score (nSPS) is 9.44. The summed E-state index contributed by atoms with van der Waals surface area (Å²) >= 11 is 3.28. The lowest BCUT2D eigenvalue weighted by atomic mass is 10.4. The minimum atomic E-state index is 0.708. The van der Waals surface area contributed by atoms with Gasteiger partial charge in [-0.1, -0.05) is 15.9 Å². The first-order valence-corrected chi connectivity index (χ1v) is 3.71. The van der Waals surface area contributed by atoms with Gasteiger partial charge in [-0.05, 0) is 12.1 Å². The summed E-state index contributed by atoms with van der Waals surface area (Å²) in [4.78, 5) is 4.02. The lowest BCUT2D eigenvalue weighted by molar-refractivity contribution is 1.19. The van der Waals surface area contributed by atoms with Crippen molar-refractivity contribution in [3.05, 3.63) is 24.0 Å². The van der Waals surface area contributed by atoms with E-state index in [0.29, 0.717) is 5.69 Å². The lowest BCUT2D eigenvalue weighted by Gasteiger charge is -1.92. The molecule has 1 aromatic heterocycles. The molecule has 3 heteroatoms. The number of anilines is 1. The highest BCUT2D eigenvalue weighted by Crippen LogP contribution is 2.03. The van der Waals surface area contributed by atoms with Crippen molar-refractivity contribution in [3.63, 3.8) is 0 Å². The Bertz CT molecular complexity index is 183. The van der Waals surface area contributed by atoms with Crippen LogP contribution in [0.1, 0.15) is 5.69 Å². The van der Waals surface area contributed by atoms with E-state index < -0.39 is 0 Å². The first kappa shape index (κ1) is 6.55. The van der Waals surface area contributed by atoms with Crippen LogP contribution in [0.25, 0.3) is 0 Å². The van der Waals surface area contributed by atoms with Crippen LogP contribution in [-0.2, 0) is 5.33 Å². The van der Waals surface area contributed by atoms with Gasteiger partial charge >= 0.3 is 0 Å². The van der Waals surface area contributed by atoms with Gasteiger partial charge in [0.05, 0.1) is 17.6 Å². The molecule has 1 heterocycles. The first-order valence-electron chi connectivity index (χ1n) is 2.59. The molecule has 0 saturated heterocycles. The molecule has 0 bridgehead atoms. The second kappa shape index (κ2) is 2.82. The molecule has 0 spiro atoms. The zero-order chi connectivity index (χ0) is 6.69. The largest absolute Gasteiger partial charge is 0.397 e. The number of nitrogens with zero attached hydrogens (tertiary/aromatic N) is 1. The highest BCUT2D eigenvalue weighted by molar-refractivity contribution is 9.08. The third kappa shape index (κ3) is 1.68. The minimum absolute atomic E-state index is 0.708. The van der Waals surface area contributed by atoms with Crippen molar-refractivity contribution in [1.82, 2.24) is 4.98 Å². The number of pyridine rings is 1. The molecule has 1 aromatic rings. The van der Waals surface area contributed by atoms with E-state index >= 15 is 0 Å². The predicted octanol–water partition coefficient (Wildman–Crippen LogP) is 1.56. The van der Waals surface area contributed by atoms with E-state index in [-0.39, 0.29) is 0 Å². The summed E-state index contributed by atoms with van der Waals surface area (Å²) < 4.78 is 0. The number of aromatic nitrogens is 1. The number of hydrogen-bond acceptors (Lipinski definition) is 2. The van der Waals surface area contributed by atoms with E-state index in [4.69, 9.17) is 5.73 Å². The average Bonchev–Trinajstić information content (AvgIpc) is 1.90. The van der Waals surface area contributed by atoms with Gasteiger partial charge in [-0.2, -0.15) is 0 Å². The monoisotopic (exact) mass is 186 g/mol. The summed E-state index contributed by atoms with van der Waals surface area (Å²) in [6.07, 6.45) is 1.65. The molecule has 2 nitrogen and oxygen atoms in total. The molecule has 9 heavy (non-hydrogen) atoms. The molecule has 0 aliphatic carbocycles. The van der Waals surface area contributed by atoms with E-state index in [0.717, 1.165) is 11.0 Å². The van der Waals surface area contributed by atoms with Gasteiger partial charge in [0.25, 0.3) is 0 Å². The van der Waals surface area contributed by atoms with Gasteiger partial charge in [0.2, 0.25) is 0 Å². The van der Waals surface area contributed by atoms with Gasteiger partial charge in [-0.3, -0.25) is 4.98 Å². The van der Waals surface area contributed by atoms with Crippen molar-refractivity contribution in [1.29, 1.82) is 0 Å². The molecular formula is C6H7BrN2. The van der Waals surface area contributed by atoms with E-state index in [1.165, 1.54) is 0 Å². The average molecular weight is 187 g/mol. The highest BCUT2D eigenvalue weighted by Gasteiger charge is 1.87. The van der Waals surface area contributed by atoms with Gasteiger partial charge in [0, 0.05) is 5.33 Å². The van der Waals surface area contributed by atoms with E-state index in [2.05, 4.69) is 20.9 Å². The molecule has 0 saturated carbocycles. The molecule has 0 aromatic carbocycles. The van der Waals surface area contributed by atoms with E-state index in [9.17, 15) is 0 Å². The van der Waals surface area contributed by atoms with Crippen molar-refractivity contribution in [2.45, 2.75) is 5.33 Å². The Labute approximate surface area is 62.2 Å². The van der Waals surface area contributed by atoms with E-state index in [1.54, 1.807) is 6.20 Å². The summed E-state index contributed by atoms with van der Waals surface area (Å²) in [5.74, 6) is 0. The number of halogens is 1. The standard InChI is InChI=1S/C6H7BrN2/c7-3-6-2-1-5(8)4-9-6/h1-2,4H,3,8H2. The molecule has 0 fully saturated rings. The second-order valence-corrected chi connectivity index (χ2v) is 2.28.